The maximum atomic E-state index is 13.0. The number of benzene rings is 3. The van der Waals surface area contributed by atoms with Crippen LogP contribution in [0.15, 0.2) is 84.3 Å². The topological polar surface area (TPSA) is 84.0 Å². The quantitative estimate of drug-likeness (QED) is 0.370. The van der Waals surface area contributed by atoms with Gasteiger partial charge in [-0.2, -0.15) is 0 Å². The zero-order chi connectivity index (χ0) is 22.7. The van der Waals surface area contributed by atoms with Crippen LogP contribution in [0.25, 0.3) is 16.6 Å². The van der Waals surface area contributed by atoms with E-state index in [1.165, 1.54) is 0 Å². The number of anilines is 3. The molecule has 2 N–H and O–H groups in total. The molecule has 0 spiro atoms. The zero-order valence-electron chi connectivity index (χ0n) is 18.0. The van der Waals surface area contributed by atoms with Crippen molar-refractivity contribution >= 4 is 44.0 Å². The highest BCUT2D eigenvalue weighted by Gasteiger charge is 2.19. The van der Waals surface area contributed by atoms with E-state index in [9.17, 15) is 8.42 Å². The third kappa shape index (κ3) is 4.63. The summed E-state index contributed by atoms with van der Waals surface area (Å²) in [5.41, 5.74) is 5.10. The average Bonchev–Trinajstić information content (AvgIpc) is 2.79. The summed E-state index contributed by atoms with van der Waals surface area (Å²) in [5, 5.41) is 3.20. The summed E-state index contributed by atoms with van der Waals surface area (Å²) in [4.78, 5) is 9.31. The molecule has 4 rings (SSSR count). The second-order valence-electron chi connectivity index (χ2n) is 7.49. The second kappa shape index (κ2) is 8.80. The van der Waals surface area contributed by atoms with Gasteiger partial charge in [-0.1, -0.05) is 55.5 Å². The number of rotatable bonds is 7. The standard InChI is InChI=1S/C25H24N4O2S/c1-4-18(3)19-11-13-20(14-12-19)26-24-25(28-23-8-6-5-7-22(23)27-24)29-32(30,31)21-15-9-17(2)10-16-21/h5-16H,3-4H2,1-2H3,(H,26,27)(H,28,29). The molecule has 0 amide bonds. The summed E-state index contributed by atoms with van der Waals surface area (Å²) in [7, 11) is -3.84. The average molecular weight is 445 g/mol. The van der Waals surface area contributed by atoms with Crippen LogP contribution in [0.1, 0.15) is 24.5 Å². The van der Waals surface area contributed by atoms with E-state index in [4.69, 9.17) is 0 Å². The van der Waals surface area contributed by atoms with Crippen molar-refractivity contribution in [2.75, 3.05) is 10.0 Å². The molecule has 0 saturated heterocycles. The first-order valence-electron chi connectivity index (χ1n) is 10.3. The van der Waals surface area contributed by atoms with Gasteiger partial charge in [0.25, 0.3) is 10.0 Å². The zero-order valence-corrected chi connectivity index (χ0v) is 18.8. The van der Waals surface area contributed by atoms with Gasteiger partial charge in [0.15, 0.2) is 11.6 Å². The Bertz CT molecular complexity index is 1380. The van der Waals surface area contributed by atoms with Crippen LogP contribution in [0.4, 0.5) is 17.3 Å². The van der Waals surface area contributed by atoms with E-state index in [0.717, 1.165) is 28.8 Å². The van der Waals surface area contributed by atoms with Crippen molar-refractivity contribution in [2.24, 2.45) is 0 Å². The minimum atomic E-state index is -3.84. The Labute approximate surface area is 188 Å². The number of para-hydroxylation sites is 2. The fourth-order valence-electron chi connectivity index (χ4n) is 3.19. The predicted octanol–water partition coefficient (Wildman–Crippen LogP) is 5.91. The third-order valence-electron chi connectivity index (χ3n) is 5.12. The van der Waals surface area contributed by atoms with Gasteiger partial charge in [0.05, 0.1) is 15.9 Å². The van der Waals surface area contributed by atoms with E-state index in [1.807, 2.05) is 49.4 Å². The fraction of sp³-hybridized carbons (Fsp3) is 0.120. The van der Waals surface area contributed by atoms with Gasteiger partial charge < -0.3 is 5.32 Å². The first-order chi connectivity index (χ1) is 15.4. The minimum Gasteiger partial charge on any atom is -0.337 e. The van der Waals surface area contributed by atoms with Crippen LogP contribution < -0.4 is 10.0 Å². The van der Waals surface area contributed by atoms with Crippen molar-refractivity contribution < 1.29 is 8.42 Å². The summed E-state index contributed by atoms with van der Waals surface area (Å²) in [6.07, 6.45) is 0.869. The predicted molar refractivity (Wildman–Crippen MR) is 131 cm³/mol. The molecule has 0 radical (unpaired) electrons. The van der Waals surface area contributed by atoms with E-state index < -0.39 is 10.0 Å². The molecule has 6 nitrogen and oxygen atoms in total. The van der Waals surface area contributed by atoms with Gasteiger partial charge in [0.1, 0.15) is 0 Å². The molecule has 0 atom stereocenters. The van der Waals surface area contributed by atoms with Crippen molar-refractivity contribution in [1.82, 2.24) is 9.97 Å². The fourth-order valence-corrected chi connectivity index (χ4v) is 4.20. The molecule has 0 unspecified atom stereocenters. The Hall–Kier alpha value is -3.71. The Kier molecular flexibility index (Phi) is 5.92. The van der Waals surface area contributed by atoms with Crippen LogP contribution in [0, 0.1) is 6.92 Å². The van der Waals surface area contributed by atoms with Gasteiger partial charge in [-0.15, -0.1) is 0 Å². The summed E-state index contributed by atoms with van der Waals surface area (Å²) in [6.45, 7) is 8.03. The van der Waals surface area contributed by atoms with Crippen molar-refractivity contribution in [3.05, 3.63) is 90.5 Å². The molecular formula is C25H24N4O2S. The lowest BCUT2D eigenvalue weighted by Gasteiger charge is -2.14. The molecule has 162 valence electrons. The number of fused-ring (bicyclic) bond motifs is 1. The lowest BCUT2D eigenvalue weighted by molar-refractivity contribution is 0.601. The molecule has 1 aromatic heterocycles. The molecule has 0 bridgehead atoms. The third-order valence-corrected chi connectivity index (χ3v) is 6.47. The Balaban J connectivity index is 1.72. The number of allylic oxidation sites excluding steroid dienone is 1. The Morgan fingerprint density at radius 2 is 1.47 bits per heavy atom. The Morgan fingerprint density at radius 3 is 2.06 bits per heavy atom. The molecule has 0 aliphatic rings. The second-order valence-corrected chi connectivity index (χ2v) is 9.17. The number of nitrogens with zero attached hydrogens (tertiary/aromatic N) is 2. The van der Waals surface area contributed by atoms with E-state index >= 15 is 0 Å². The van der Waals surface area contributed by atoms with E-state index in [-0.39, 0.29) is 10.7 Å². The van der Waals surface area contributed by atoms with Gasteiger partial charge >= 0.3 is 0 Å². The van der Waals surface area contributed by atoms with Gasteiger partial charge in [0, 0.05) is 5.69 Å². The van der Waals surface area contributed by atoms with Crippen LogP contribution in [-0.2, 0) is 10.0 Å². The van der Waals surface area contributed by atoms with Crippen LogP contribution in [0.2, 0.25) is 0 Å². The maximum absolute atomic E-state index is 13.0. The van der Waals surface area contributed by atoms with Crippen molar-refractivity contribution in [1.29, 1.82) is 0 Å². The molecule has 4 aromatic rings. The highest BCUT2D eigenvalue weighted by molar-refractivity contribution is 7.92. The summed E-state index contributed by atoms with van der Waals surface area (Å²) in [5.74, 6) is 0.452. The van der Waals surface area contributed by atoms with Crippen LogP contribution >= 0.6 is 0 Å². The summed E-state index contributed by atoms with van der Waals surface area (Å²) >= 11 is 0. The molecule has 0 saturated carbocycles. The lowest BCUT2D eigenvalue weighted by atomic mass is 10.1. The maximum Gasteiger partial charge on any atom is 0.263 e. The number of nitrogens with one attached hydrogen (secondary N) is 2. The van der Waals surface area contributed by atoms with Crippen LogP contribution in [-0.4, -0.2) is 18.4 Å². The molecule has 3 aromatic carbocycles. The first-order valence-corrected chi connectivity index (χ1v) is 11.8. The van der Waals surface area contributed by atoms with Crippen LogP contribution in [0.5, 0.6) is 0 Å². The molecule has 32 heavy (non-hydrogen) atoms. The molecule has 0 aliphatic carbocycles. The largest absolute Gasteiger partial charge is 0.337 e. The highest BCUT2D eigenvalue weighted by atomic mass is 32.2. The van der Waals surface area contributed by atoms with Crippen molar-refractivity contribution in [2.45, 2.75) is 25.2 Å². The van der Waals surface area contributed by atoms with Gasteiger partial charge in [-0.3, -0.25) is 4.72 Å². The molecule has 0 fully saturated rings. The number of sulfonamides is 1. The molecule has 0 aliphatic heterocycles. The van der Waals surface area contributed by atoms with Crippen molar-refractivity contribution in [3.63, 3.8) is 0 Å². The lowest BCUT2D eigenvalue weighted by Crippen LogP contribution is -2.16. The van der Waals surface area contributed by atoms with Gasteiger partial charge in [-0.25, -0.2) is 18.4 Å². The van der Waals surface area contributed by atoms with Crippen molar-refractivity contribution in [3.8, 4) is 0 Å². The van der Waals surface area contributed by atoms with Crippen LogP contribution in [0.3, 0.4) is 0 Å². The normalized spacial score (nSPS) is 11.3. The first kappa shape index (κ1) is 21.5. The number of hydrogen-bond donors (Lipinski definition) is 2. The monoisotopic (exact) mass is 444 g/mol. The molecule has 1 heterocycles. The molecule has 7 heteroatoms. The number of aromatic nitrogens is 2. The van der Waals surface area contributed by atoms with E-state index in [1.54, 1.807) is 30.3 Å². The van der Waals surface area contributed by atoms with Gasteiger partial charge in [0.2, 0.25) is 0 Å². The molecular weight excluding hydrogens is 420 g/mol. The highest BCUT2D eigenvalue weighted by Crippen LogP contribution is 2.28. The van der Waals surface area contributed by atoms with E-state index in [2.05, 4.69) is 33.5 Å². The number of hydrogen-bond acceptors (Lipinski definition) is 5. The minimum absolute atomic E-state index is 0.131. The Morgan fingerprint density at radius 1 is 0.875 bits per heavy atom. The van der Waals surface area contributed by atoms with E-state index in [0.29, 0.717) is 16.9 Å². The smallest absolute Gasteiger partial charge is 0.263 e. The summed E-state index contributed by atoms with van der Waals surface area (Å²) in [6, 6.07) is 21.7. The summed E-state index contributed by atoms with van der Waals surface area (Å²) < 4.78 is 28.6. The number of aryl methyl sites for hydroxylation is 1. The SMILES string of the molecule is C=C(CC)c1ccc(Nc2nc3ccccc3nc2NS(=O)(=O)c2ccc(C)cc2)cc1. The van der Waals surface area contributed by atoms with Gasteiger partial charge in [-0.05, 0) is 60.9 Å².